The highest BCUT2D eigenvalue weighted by Gasteiger charge is 2.20. The van der Waals surface area contributed by atoms with Crippen molar-refractivity contribution in [1.29, 1.82) is 0 Å². The van der Waals surface area contributed by atoms with Gasteiger partial charge in [0.15, 0.2) is 0 Å². The number of H-pyrrole nitrogens is 1. The molecule has 0 aliphatic carbocycles. The number of nitrogen functional groups attached to an aromatic ring is 1. The number of nitrogens with two attached hydrogens (primary N) is 1. The number of hydrogen-bond donors (Lipinski definition) is 2. The zero-order valence-corrected chi connectivity index (χ0v) is 9.98. The van der Waals surface area contributed by atoms with Crippen LogP contribution in [-0.4, -0.2) is 47.8 Å². The van der Waals surface area contributed by atoms with Crippen LogP contribution >= 0.6 is 0 Å². The van der Waals surface area contributed by atoms with Crippen LogP contribution in [0.5, 0.6) is 0 Å². The summed E-state index contributed by atoms with van der Waals surface area (Å²) < 4.78 is 5.39. The number of carbonyl (C=O) groups is 1. The average Bonchev–Trinajstić information content (AvgIpc) is 2.76. The first-order valence-electron chi connectivity index (χ1n) is 5.81. The molecule has 1 aromatic rings. The number of aromatic amines is 1. The molecular weight excluding hydrogens is 220 g/mol. The lowest BCUT2D eigenvalue weighted by molar-refractivity contribution is 0.0387. The van der Waals surface area contributed by atoms with E-state index >= 15 is 0 Å². The lowest BCUT2D eigenvalue weighted by Gasteiger charge is -2.26. The first-order chi connectivity index (χ1) is 8.16. The quantitative estimate of drug-likeness (QED) is 0.802. The topological polar surface area (TPSA) is 84.2 Å². The molecule has 0 aromatic carbocycles. The maximum atomic E-state index is 12.0. The summed E-state index contributed by atoms with van der Waals surface area (Å²) in [7, 11) is 1.79. The number of hydrogen-bond acceptors (Lipinski definition) is 4. The zero-order valence-electron chi connectivity index (χ0n) is 9.98. The van der Waals surface area contributed by atoms with E-state index in [-0.39, 0.29) is 5.91 Å². The molecule has 1 unspecified atom stereocenters. The largest absolute Gasteiger partial charge is 0.382 e. The third kappa shape index (κ3) is 2.97. The normalized spacial score (nSPS) is 20.2. The molecule has 0 bridgehead atoms. The number of rotatable bonds is 3. The van der Waals surface area contributed by atoms with Gasteiger partial charge in [-0.2, -0.15) is 5.10 Å². The fourth-order valence-corrected chi connectivity index (χ4v) is 2.07. The van der Waals surface area contributed by atoms with Gasteiger partial charge in [-0.1, -0.05) is 0 Å². The van der Waals surface area contributed by atoms with Gasteiger partial charge in [-0.25, -0.2) is 0 Å². The fourth-order valence-electron chi connectivity index (χ4n) is 2.07. The van der Waals surface area contributed by atoms with Gasteiger partial charge in [0.05, 0.1) is 6.61 Å². The Kier molecular flexibility index (Phi) is 3.63. The number of anilines is 1. The van der Waals surface area contributed by atoms with Crippen LogP contribution in [0.15, 0.2) is 6.07 Å². The molecule has 1 atom stereocenters. The van der Waals surface area contributed by atoms with Crippen molar-refractivity contribution < 1.29 is 9.53 Å². The van der Waals surface area contributed by atoms with E-state index in [1.54, 1.807) is 18.0 Å². The van der Waals surface area contributed by atoms with Crippen LogP contribution < -0.4 is 5.73 Å². The molecule has 1 fully saturated rings. The van der Waals surface area contributed by atoms with Crippen LogP contribution in [0.4, 0.5) is 5.82 Å². The molecule has 17 heavy (non-hydrogen) atoms. The second-order valence-electron chi connectivity index (χ2n) is 4.48. The molecule has 3 N–H and O–H groups in total. The maximum absolute atomic E-state index is 12.0. The van der Waals surface area contributed by atoms with Gasteiger partial charge in [0, 0.05) is 26.3 Å². The first-order valence-corrected chi connectivity index (χ1v) is 5.81. The number of ether oxygens (including phenoxy) is 1. The standard InChI is InChI=1S/C11H18N4O2/c1-15(6-8-3-2-4-17-7-8)11(16)9-5-10(12)14-13-9/h5,8H,2-4,6-7H2,1H3,(H3,12,13,14). The molecule has 0 radical (unpaired) electrons. The van der Waals surface area contributed by atoms with Gasteiger partial charge < -0.3 is 15.4 Å². The number of nitrogens with one attached hydrogen (secondary N) is 1. The lowest BCUT2D eigenvalue weighted by Crippen LogP contribution is -2.35. The van der Waals surface area contributed by atoms with Crippen LogP contribution in [-0.2, 0) is 4.74 Å². The van der Waals surface area contributed by atoms with Crippen molar-refractivity contribution in [3.63, 3.8) is 0 Å². The number of aromatic nitrogens is 2. The summed E-state index contributed by atoms with van der Waals surface area (Å²) in [4.78, 5) is 13.7. The molecule has 1 saturated heterocycles. The Morgan fingerprint density at radius 3 is 3.18 bits per heavy atom. The van der Waals surface area contributed by atoms with E-state index in [1.165, 1.54) is 0 Å². The average molecular weight is 238 g/mol. The van der Waals surface area contributed by atoms with Crippen molar-refractivity contribution >= 4 is 11.7 Å². The second kappa shape index (κ2) is 5.18. The molecule has 1 aromatic heterocycles. The molecular formula is C11H18N4O2. The molecule has 94 valence electrons. The van der Waals surface area contributed by atoms with E-state index in [0.29, 0.717) is 24.0 Å². The summed E-state index contributed by atoms with van der Waals surface area (Å²) in [6, 6.07) is 1.55. The van der Waals surface area contributed by atoms with Gasteiger partial charge in [-0.3, -0.25) is 9.89 Å². The van der Waals surface area contributed by atoms with Crippen molar-refractivity contribution in [2.24, 2.45) is 5.92 Å². The Morgan fingerprint density at radius 2 is 2.59 bits per heavy atom. The molecule has 1 amide bonds. The third-order valence-corrected chi connectivity index (χ3v) is 2.96. The van der Waals surface area contributed by atoms with Crippen molar-refractivity contribution in [2.75, 3.05) is 32.5 Å². The summed E-state index contributed by atoms with van der Waals surface area (Å²) in [6.07, 6.45) is 2.19. The Bertz CT molecular complexity index is 385. The number of carbonyl (C=O) groups excluding carboxylic acids is 1. The molecule has 6 heteroatoms. The van der Waals surface area contributed by atoms with Crippen LogP contribution in [0.1, 0.15) is 23.3 Å². The van der Waals surface area contributed by atoms with Gasteiger partial charge in [-0.05, 0) is 18.8 Å². The van der Waals surface area contributed by atoms with E-state index in [9.17, 15) is 4.79 Å². The molecule has 0 saturated carbocycles. The zero-order chi connectivity index (χ0) is 12.3. The molecule has 1 aliphatic heterocycles. The minimum atomic E-state index is -0.0835. The van der Waals surface area contributed by atoms with E-state index in [4.69, 9.17) is 10.5 Å². The minimum absolute atomic E-state index is 0.0835. The predicted octanol–water partition coefficient (Wildman–Crippen LogP) is 0.490. The van der Waals surface area contributed by atoms with Crippen molar-refractivity contribution in [3.05, 3.63) is 11.8 Å². The Labute approximate surface area is 100 Å². The molecule has 0 spiro atoms. The second-order valence-corrected chi connectivity index (χ2v) is 4.48. The van der Waals surface area contributed by atoms with Crippen molar-refractivity contribution in [1.82, 2.24) is 15.1 Å². The summed E-state index contributed by atoms with van der Waals surface area (Å²) in [5, 5.41) is 6.37. The summed E-state index contributed by atoms with van der Waals surface area (Å²) in [6.45, 7) is 2.28. The number of amides is 1. The Morgan fingerprint density at radius 1 is 1.76 bits per heavy atom. The van der Waals surface area contributed by atoms with Crippen LogP contribution in [0.3, 0.4) is 0 Å². The maximum Gasteiger partial charge on any atom is 0.271 e. The summed E-state index contributed by atoms with van der Waals surface area (Å²) in [5.74, 6) is 0.681. The SMILES string of the molecule is CN(CC1CCCOC1)C(=O)c1cc(N)n[nH]1. The van der Waals surface area contributed by atoms with Crippen molar-refractivity contribution in [3.8, 4) is 0 Å². The minimum Gasteiger partial charge on any atom is -0.382 e. The van der Waals surface area contributed by atoms with Gasteiger partial charge in [0.1, 0.15) is 11.5 Å². The highest BCUT2D eigenvalue weighted by Crippen LogP contribution is 2.15. The summed E-state index contributed by atoms with van der Waals surface area (Å²) >= 11 is 0. The van der Waals surface area contributed by atoms with Crippen molar-refractivity contribution in [2.45, 2.75) is 12.8 Å². The predicted molar refractivity (Wildman–Crippen MR) is 63.5 cm³/mol. The highest BCUT2D eigenvalue weighted by atomic mass is 16.5. The first kappa shape index (κ1) is 11.9. The van der Waals surface area contributed by atoms with E-state index in [0.717, 1.165) is 26.1 Å². The highest BCUT2D eigenvalue weighted by molar-refractivity contribution is 5.92. The van der Waals surface area contributed by atoms with Gasteiger partial charge in [-0.15, -0.1) is 0 Å². The fraction of sp³-hybridized carbons (Fsp3) is 0.636. The van der Waals surface area contributed by atoms with Gasteiger partial charge in [0.25, 0.3) is 5.91 Å². The van der Waals surface area contributed by atoms with Crippen LogP contribution in [0.2, 0.25) is 0 Å². The molecule has 2 rings (SSSR count). The molecule has 2 heterocycles. The Balaban J connectivity index is 1.90. The van der Waals surface area contributed by atoms with Crippen LogP contribution in [0, 0.1) is 5.92 Å². The van der Waals surface area contributed by atoms with E-state index in [1.807, 2.05) is 0 Å². The van der Waals surface area contributed by atoms with E-state index < -0.39 is 0 Å². The third-order valence-electron chi connectivity index (χ3n) is 2.96. The molecule has 6 nitrogen and oxygen atoms in total. The summed E-state index contributed by atoms with van der Waals surface area (Å²) in [5.41, 5.74) is 5.90. The van der Waals surface area contributed by atoms with Gasteiger partial charge in [0.2, 0.25) is 0 Å². The van der Waals surface area contributed by atoms with E-state index in [2.05, 4.69) is 10.2 Å². The Hall–Kier alpha value is -1.56. The lowest BCUT2D eigenvalue weighted by atomic mass is 10.0. The molecule has 1 aliphatic rings. The van der Waals surface area contributed by atoms with Crippen LogP contribution in [0.25, 0.3) is 0 Å². The number of nitrogens with zero attached hydrogens (tertiary/aromatic N) is 2. The smallest absolute Gasteiger partial charge is 0.271 e. The van der Waals surface area contributed by atoms with Gasteiger partial charge >= 0.3 is 0 Å². The monoisotopic (exact) mass is 238 g/mol.